The summed E-state index contributed by atoms with van der Waals surface area (Å²) >= 11 is 0. The third-order valence-corrected chi connectivity index (χ3v) is 3.36. The molecule has 12 heavy (non-hydrogen) atoms. The largest absolute Gasteiger partial charge is 0.386 e. The van der Waals surface area contributed by atoms with Crippen LogP contribution in [0.1, 0.15) is 25.7 Å². The molecule has 0 aromatic rings. The highest BCUT2D eigenvalue weighted by Crippen LogP contribution is 2.32. The molecule has 2 aliphatic rings. The van der Waals surface area contributed by atoms with Crippen LogP contribution in [0, 0.1) is 5.92 Å². The molecule has 1 atom stereocenters. The van der Waals surface area contributed by atoms with Gasteiger partial charge in [-0.3, -0.25) is 0 Å². The third-order valence-electron chi connectivity index (χ3n) is 3.36. The zero-order valence-corrected chi connectivity index (χ0v) is 7.42. The smallest absolute Gasteiger partial charge is 0.104 e. The van der Waals surface area contributed by atoms with Crippen LogP contribution in [0.25, 0.3) is 0 Å². The quantitative estimate of drug-likeness (QED) is 0.551. The molecule has 0 amide bonds. The summed E-state index contributed by atoms with van der Waals surface area (Å²) in [4.78, 5) is 0. The highest BCUT2D eigenvalue weighted by Gasteiger charge is 2.41. The maximum Gasteiger partial charge on any atom is 0.104 e. The van der Waals surface area contributed by atoms with Crippen LogP contribution in [-0.4, -0.2) is 29.8 Å². The van der Waals surface area contributed by atoms with E-state index in [0.717, 1.165) is 12.3 Å². The Bertz CT molecular complexity index is 164. The lowest BCUT2D eigenvalue weighted by Gasteiger charge is -2.44. The number of β-amino-alcohol motifs (C(OH)–C–C–N with tert-alkyl or cyclic N) is 1. The van der Waals surface area contributed by atoms with Crippen molar-refractivity contribution in [1.82, 2.24) is 5.32 Å². The van der Waals surface area contributed by atoms with Crippen molar-refractivity contribution in [3.8, 4) is 0 Å². The van der Waals surface area contributed by atoms with Gasteiger partial charge >= 0.3 is 0 Å². The fourth-order valence-electron chi connectivity index (χ4n) is 1.95. The van der Waals surface area contributed by atoms with Crippen molar-refractivity contribution in [3.05, 3.63) is 0 Å². The van der Waals surface area contributed by atoms with E-state index in [0.29, 0.717) is 13.1 Å². The van der Waals surface area contributed by atoms with Gasteiger partial charge in [-0.05, 0) is 12.3 Å². The molecule has 1 heterocycles. The fraction of sp³-hybridized carbons (Fsp3) is 1.00. The molecule has 0 aromatic carbocycles. The van der Waals surface area contributed by atoms with Gasteiger partial charge in [-0.1, -0.05) is 19.3 Å². The van der Waals surface area contributed by atoms with Crippen LogP contribution in [0.15, 0.2) is 0 Å². The summed E-state index contributed by atoms with van der Waals surface area (Å²) in [5, 5.41) is 12.9. The van der Waals surface area contributed by atoms with E-state index in [-0.39, 0.29) is 6.04 Å². The molecule has 1 aliphatic heterocycles. The Morgan fingerprint density at radius 2 is 2.17 bits per heavy atom. The van der Waals surface area contributed by atoms with E-state index in [1.165, 1.54) is 19.3 Å². The van der Waals surface area contributed by atoms with Crippen LogP contribution in [0.5, 0.6) is 0 Å². The Morgan fingerprint density at radius 3 is 2.50 bits per heavy atom. The number of hydrogen-bond acceptors (Lipinski definition) is 3. The molecule has 2 rings (SSSR count). The molecule has 1 saturated heterocycles. The summed E-state index contributed by atoms with van der Waals surface area (Å²) in [5.74, 6) is 0.796. The molecule has 70 valence electrons. The van der Waals surface area contributed by atoms with Gasteiger partial charge in [0.15, 0.2) is 0 Å². The predicted octanol–water partition coefficient (Wildman–Crippen LogP) is -0.162. The van der Waals surface area contributed by atoms with E-state index in [2.05, 4.69) is 5.32 Å². The minimum atomic E-state index is -0.588. The molecule has 1 aliphatic carbocycles. The first-order chi connectivity index (χ1) is 5.71. The molecule has 0 aromatic heterocycles. The summed E-state index contributed by atoms with van der Waals surface area (Å²) in [7, 11) is 0. The summed E-state index contributed by atoms with van der Waals surface area (Å²) in [6.07, 6.45) is 5.00. The Balaban J connectivity index is 1.78. The molecule has 3 nitrogen and oxygen atoms in total. The Kier molecular flexibility index (Phi) is 2.10. The molecule has 0 radical (unpaired) electrons. The molecule has 0 bridgehead atoms. The molecule has 1 saturated carbocycles. The summed E-state index contributed by atoms with van der Waals surface area (Å²) in [6.45, 7) is 1.36. The average molecular weight is 170 g/mol. The summed E-state index contributed by atoms with van der Waals surface area (Å²) < 4.78 is 0. The normalized spacial score (nSPS) is 30.5. The van der Waals surface area contributed by atoms with Gasteiger partial charge in [-0.25, -0.2) is 0 Å². The lowest BCUT2D eigenvalue weighted by Crippen LogP contribution is -2.68. The number of aliphatic hydroxyl groups is 1. The van der Waals surface area contributed by atoms with Gasteiger partial charge in [0, 0.05) is 19.1 Å². The van der Waals surface area contributed by atoms with Crippen molar-refractivity contribution in [2.75, 3.05) is 13.1 Å². The maximum atomic E-state index is 9.86. The topological polar surface area (TPSA) is 58.3 Å². The van der Waals surface area contributed by atoms with Crippen LogP contribution in [0.2, 0.25) is 0 Å². The molecule has 4 N–H and O–H groups in total. The minimum absolute atomic E-state index is 0.0101. The zero-order valence-electron chi connectivity index (χ0n) is 7.42. The minimum Gasteiger partial charge on any atom is -0.386 e. The average Bonchev–Trinajstić information content (AvgIpc) is 1.91. The van der Waals surface area contributed by atoms with Crippen molar-refractivity contribution in [2.24, 2.45) is 11.7 Å². The standard InChI is InChI=1S/C9H18N2O/c10-8(4-7-2-1-3-7)9(12)5-11-6-9/h7-8,11-12H,1-6,10H2. The van der Waals surface area contributed by atoms with Gasteiger partial charge in [0.1, 0.15) is 5.60 Å². The number of rotatable bonds is 3. The molecular weight excluding hydrogens is 152 g/mol. The lowest BCUT2D eigenvalue weighted by molar-refractivity contribution is -0.0408. The highest BCUT2D eigenvalue weighted by molar-refractivity contribution is 5.01. The second-order valence-corrected chi connectivity index (χ2v) is 4.35. The molecule has 1 unspecified atom stereocenters. The first kappa shape index (κ1) is 8.48. The third kappa shape index (κ3) is 1.37. The Morgan fingerprint density at radius 1 is 1.50 bits per heavy atom. The van der Waals surface area contributed by atoms with Crippen LogP contribution < -0.4 is 11.1 Å². The number of nitrogens with two attached hydrogens (primary N) is 1. The van der Waals surface area contributed by atoms with E-state index in [9.17, 15) is 5.11 Å². The monoisotopic (exact) mass is 170 g/mol. The van der Waals surface area contributed by atoms with Gasteiger partial charge in [-0.2, -0.15) is 0 Å². The number of nitrogens with one attached hydrogen (secondary N) is 1. The van der Waals surface area contributed by atoms with Crippen molar-refractivity contribution in [1.29, 1.82) is 0 Å². The van der Waals surface area contributed by atoms with Gasteiger partial charge in [0.05, 0.1) is 0 Å². The van der Waals surface area contributed by atoms with Crippen LogP contribution in [0.3, 0.4) is 0 Å². The second kappa shape index (κ2) is 2.98. The van der Waals surface area contributed by atoms with Gasteiger partial charge < -0.3 is 16.2 Å². The van der Waals surface area contributed by atoms with Crippen molar-refractivity contribution in [2.45, 2.75) is 37.3 Å². The van der Waals surface area contributed by atoms with Gasteiger partial charge in [0.25, 0.3) is 0 Å². The summed E-state index contributed by atoms with van der Waals surface area (Å²) in [5.41, 5.74) is 5.35. The molecule has 0 spiro atoms. The van der Waals surface area contributed by atoms with Crippen LogP contribution in [0.4, 0.5) is 0 Å². The van der Waals surface area contributed by atoms with Gasteiger partial charge in [0.2, 0.25) is 0 Å². The molecule has 3 heteroatoms. The first-order valence-corrected chi connectivity index (χ1v) is 4.89. The van der Waals surface area contributed by atoms with E-state index < -0.39 is 5.60 Å². The zero-order chi connectivity index (χ0) is 8.60. The van der Waals surface area contributed by atoms with Crippen LogP contribution >= 0.6 is 0 Å². The highest BCUT2D eigenvalue weighted by atomic mass is 16.3. The van der Waals surface area contributed by atoms with E-state index in [1.54, 1.807) is 0 Å². The van der Waals surface area contributed by atoms with E-state index in [4.69, 9.17) is 5.73 Å². The maximum absolute atomic E-state index is 9.86. The fourth-order valence-corrected chi connectivity index (χ4v) is 1.95. The van der Waals surface area contributed by atoms with Crippen LogP contribution in [-0.2, 0) is 0 Å². The van der Waals surface area contributed by atoms with E-state index in [1.807, 2.05) is 0 Å². The second-order valence-electron chi connectivity index (χ2n) is 4.35. The van der Waals surface area contributed by atoms with Crippen molar-refractivity contribution >= 4 is 0 Å². The SMILES string of the molecule is NC(CC1CCC1)C1(O)CNC1. The van der Waals surface area contributed by atoms with Crippen molar-refractivity contribution in [3.63, 3.8) is 0 Å². The summed E-state index contributed by atoms with van der Waals surface area (Å²) in [6, 6.07) is -0.0101. The lowest BCUT2D eigenvalue weighted by atomic mass is 9.76. The van der Waals surface area contributed by atoms with Gasteiger partial charge in [-0.15, -0.1) is 0 Å². The molecular formula is C9H18N2O. The Labute approximate surface area is 73.3 Å². The Hall–Kier alpha value is -0.120. The number of hydrogen-bond donors (Lipinski definition) is 3. The van der Waals surface area contributed by atoms with E-state index >= 15 is 0 Å². The first-order valence-electron chi connectivity index (χ1n) is 4.89. The predicted molar refractivity (Wildman–Crippen MR) is 47.8 cm³/mol. The van der Waals surface area contributed by atoms with Crippen molar-refractivity contribution < 1.29 is 5.11 Å². The molecule has 2 fully saturated rings.